The summed E-state index contributed by atoms with van der Waals surface area (Å²) in [5.41, 5.74) is 8.99. The monoisotopic (exact) mass is 548 g/mol. The van der Waals surface area contributed by atoms with Crippen molar-refractivity contribution < 1.29 is 39.1 Å². The van der Waals surface area contributed by atoms with E-state index in [1.165, 1.54) is 13.2 Å². The lowest BCUT2D eigenvalue weighted by Gasteiger charge is -2.42. The lowest BCUT2D eigenvalue weighted by molar-refractivity contribution is -0.250. The summed E-state index contributed by atoms with van der Waals surface area (Å²) >= 11 is 1.80. The lowest BCUT2D eigenvalue weighted by atomic mass is 9.96. The van der Waals surface area contributed by atoms with Gasteiger partial charge in [0.15, 0.2) is 0 Å². The Labute approximate surface area is 190 Å². The summed E-state index contributed by atoms with van der Waals surface area (Å²) in [4.78, 5) is 26.2. The SMILES string of the molecule is COc1ccc(/C=C(\O[C@@H]2O[C@H](CN=[N+]=[N-])[C@H](O)[C@H](O)[C@H]2NC(=O)CI)C(=O)O)cc1. The van der Waals surface area contributed by atoms with E-state index in [0.29, 0.717) is 11.3 Å². The number of carbonyl (C=O) groups excluding carboxylic acids is 1. The van der Waals surface area contributed by atoms with E-state index < -0.39 is 48.3 Å². The summed E-state index contributed by atoms with van der Waals surface area (Å²) < 4.78 is 16.1. The van der Waals surface area contributed by atoms with Gasteiger partial charge >= 0.3 is 5.97 Å². The van der Waals surface area contributed by atoms with E-state index in [4.69, 9.17) is 19.7 Å². The Hall–Kier alpha value is -2.58. The van der Waals surface area contributed by atoms with Gasteiger partial charge in [0.2, 0.25) is 18.0 Å². The number of halogens is 1. The molecule has 4 N–H and O–H groups in total. The zero-order valence-electron chi connectivity index (χ0n) is 16.3. The number of rotatable bonds is 9. The van der Waals surface area contributed by atoms with E-state index in [1.807, 2.05) is 0 Å². The van der Waals surface area contributed by atoms with Gasteiger partial charge in [0.25, 0.3) is 0 Å². The maximum absolute atomic E-state index is 11.9. The highest BCUT2D eigenvalue weighted by Gasteiger charge is 2.46. The Morgan fingerprint density at radius 2 is 2.00 bits per heavy atom. The highest BCUT2D eigenvalue weighted by atomic mass is 127. The third kappa shape index (κ3) is 6.70. The predicted molar refractivity (Wildman–Crippen MR) is 115 cm³/mol. The number of aliphatic hydroxyl groups excluding tert-OH is 2. The molecule has 0 radical (unpaired) electrons. The molecule has 13 heteroatoms. The largest absolute Gasteiger partial charge is 0.497 e. The van der Waals surface area contributed by atoms with E-state index in [-0.39, 0.29) is 11.0 Å². The van der Waals surface area contributed by atoms with Crippen LogP contribution in [0, 0.1) is 0 Å². The molecule has 1 amide bonds. The van der Waals surface area contributed by atoms with E-state index in [2.05, 4.69) is 15.3 Å². The fraction of sp³-hybridized carbons (Fsp3) is 0.444. The van der Waals surface area contributed by atoms with E-state index in [1.54, 1.807) is 46.9 Å². The number of hydrogen-bond acceptors (Lipinski definition) is 8. The number of hydrogen-bond donors (Lipinski definition) is 4. The number of azide groups is 1. The van der Waals surface area contributed by atoms with Crippen LogP contribution >= 0.6 is 22.6 Å². The van der Waals surface area contributed by atoms with Gasteiger partial charge in [-0.05, 0) is 29.3 Å². The molecular formula is C18H21IN4O8. The van der Waals surface area contributed by atoms with Crippen LogP contribution in [-0.2, 0) is 19.1 Å². The molecule has 5 atom stereocenters. The van der Waals surface area contributed by atoms with Crippen LogP contribution in [0.3, 0.4) is 0 Å². The maximum Gasteiger partial charge on any atom is 0.371 e. The van der Waals surface area contributed by atoms with Crippen LogP contribution in [0.1, 0.15) is 5.56 Å². The molecule has 168 valence electrons. The molecule has 2 rings (SSSR count). The minimum Gasteiger partial charge on any atom is -0.497 e. The summed E-state index contributed by atoms with van der Waals surface area (Å²) in [6, 6.07) is 5.18. The van der Waals surface area contributed by atoms with Gasteiger partial charge in [-0.15, -0.1) is 0 Å². The molecule has 1 heterocycles. The number of nitrogens with zero attached hydrogens (tertiary/aromatic N) is 3. The lowest BCUT2D eigenvalue weighted by Crippen LogP contribution is -2.64. The topological polar surface area (TPSA) is 183 Å². The minimum atomic E-state index is -1.57. The molecule has 0 aromatic heterocycles. The number of methoxy groups -OCH3 is 1. The van der Waals surface area contributed by atoms with Gasteiger partial charge in [0.05, 0.1) is 24.2 Å². The van der Waals surface area contributed by atoms with Crippen LogP contribution in [0.15, 0.2) is 35.1 Å². The van der Waals surface area contributed by atoms with Crippen molar-refractivity contribution in [3.8, 4) is 5.75 Å². The molecule has 0 spiro atoms. The smallest absolute Gasteiger partial charge is 0.371 e. The van der Waals surface area contributed by atoms with Gasteiger partial charge in [-0.25, -0.2) is 4.79 Å². The van der Waals surface area contributed by atoms with E-state index in [9.17, 15) is 24.9 Å². The van der Waals surface area contributed by atoms with Crippen molar-refractivity contribution in [2.24, 2.45) is 5.11 Å². The van der Waals surface area contributed by atoms with E-state index in [0.717, 1.165) is 0 Å². The standard InChI is InChI=1S/C18H21IN4O8/c1-29-10-4-2-9(3-5-10)6-11(17(27)28)30-18-14(22-13(24)7-19)16(26)15(25)12(31-18)8-21-23-20/h2-6,12,14-16,18,25-26H,7-8H2,1H3,(H,22,24)(H,27,28)/b11-6-/t12-,14-,15+,16-,18-/m1/s1. The van der Waals surface area contributed by atoms with Gasteiger partial charge in [-0.1, -0.05) is 39.8 Å². The predicted octanol–water partition coefficient (Wildman–Crippen LogP) is 0.814. The summed E-state index contributed by atoms with van der Waals surface area (Å²) in [6.45, 7) is -0.341. The molecule has 1 fully saturated rings. The third-order valence-electron chi connectivity index (χ3n) is 4.34. The second-order valence-electron chi connectivity index (χ2n) is 6.37. The van der Waals surface area contributed by atoms with Crippen molar-refractivity contribution in [1.29, 1.82) is 0 Å². The van der Waals surface area contributed by atoms with Crippen molar-refractivity contribution in [2.75, 3.05) is 18.1 Å². The van der Waals surface area contributed by atoms with Gasteiger partial charge in [0, 0.05) is 4.91 Å². The molecular weight excluding hydrogens is 527 g/mol. The minimum absolute atomic E-state index is 0.0411. The highest BCUT2D eigenvalue weighted by molar-refractivity contribution is 14.1. The van der Waals surface area contributed by atoms with Gasteiger partial charge < -0.3 is 34.8 Å². The second-order valence-corrected chi connectivity index (χ2v) is 7.13. The van der Waals surface area contributed by atoms with Crippen LogP contribution in [0.4, 0.5) is 0 Å². The number of amides is 1. The summed E-state index contributed by atoms with van der Waals surface area (Å²) in [5, 5.41) is 36.1. The van der Waals surface area contributed by atoms with Crippen LogP contribution in [0.2, 0.25) is 0 Å². The first-order valence-electron chi connectivity index (χ1n) is 8.94. The van der Waals surface area contributed by atoms with E-state index >= 15 is 0 Å². The third-order valence-corrected chi connectivity index (χ3v) is 5.04. The first kappa shape index (κ1) is 24.7. The van der Waals surface area contributed by atoms with Crippen molar-refractivity contribution in [2.45, 2.75) is 30.6 Å². The summed E-state index contributed by atoms with van der Waals surface area (Å²) in [7, 11) is 1.49. The molecule has 0 bridgehead atoms. The van der Waals surface area contributed by atoms with Gasteiger partial charge in [0.1, 0.15) is 24.0 Å². The number of ether oxygens (including phenoxy) is 3. The number of carbonyl (C=O) groups is 2. The number of benzene rings is 1. The molecule has 1 aromatic carbocycles. The Bertz CT molecular complexity index is 859. The van der Waals surface area contributed by atoms with Crippen molar-refractivity contribution in [3.05, 3.63) is 46.0 Å². The van der Waals surface area contributed by atoms with Crippen LogP contribution < -0.4 is 10.1 Å². The first-order valence-corrected chi connectivity index (χ1v) is 10.5. The fourth-order valence-corrected chi connectivity index (χ4v) is 3.02. The average molecular weight is 548 g/mol. The number of alkyl halides is 1. The zero-order valence-corrected chi connectivity index (χ0v) is 18.4. The Kier molecular flexibility index (Phi) is 9.33. The molecule has 1 saturated heterocycles. The zero-order chi connectivity index (χ0) is 23.0. The van der Waals surface area contributed by atoms with Crippen LogP contribution in [0.5, 0.6) is 5.75 Å². The Morgan fingerprint density at radius 1 is 1.32 bits per heavy atom. The molecule has 1 aliphatic heterocycles. The van der Waals surface area contributed by atoms with Crippen LogP contribution in [0.25, 0.3) is 16.5 Å². The molecule has 0 unspecified atom stereocenters. The molecule has 12 nitrogen and oxygen atoms in total. The Balaban J connectivity index is 2.33. The number of aliphatic carboxylic acids is 1. The normalized spacial score (nSPS) is 25.8. The van der Waals surface area contributed by atoms with Crippen LogP contribution in [-0.4, -0.2) is 75.9 Å². The quantitative estimate of drug-likeness (QED) is 0.0665. The second kappa shape index (κ2) is 11.7. The Morgan fingerprint density at radius 3 is 2.55 bits per heavy atom. The summed E-state index contributed by atoms with van der Waals surface area (Å²) in [5.74, 6) is -1.87. The van der Waals surface area contributed by atoms with Crippen molar-refractivity contribution in [3.63, 3.8) is 0 Å². The number of carboxylic acids is 1. The van der Waals surface area contributed by atoms with Crippen molar-refractivity contribution >= 4 is 40.5 Å². The van der Waals surface area contributed by atoms with Gasteiger partial charge in [-0.2, -0.15) is 0 Å². The molecule has 1 aromatic rings. The van der Waals surface area contributed by atoms with Gasteiger partial charge in [-0.3, -0.25) is 4.79 Å². The molecule has 0 saturated carbocycles. The maximum atomic E-state index is 11.9. The van der Waals surface area contributed by atoms with Crippen molar-refractivity contribution in [1.82, 2.24) is 5.32 Å². The highest BCUT2D eigenvalue weighted by Crippen LogP contribution is 2.25. The molecule has 1 aliphatic rings. The fourth-order valence-electron chi connectivity index (χ4n) is 2.80. The molecule has 31 heavy (non-hydrogen) atoms. The molecule has 0 aliphatic carbocycles. The number of carboxylic acid groups (broad SMARTS) is 1. The summed E-state index contributed by atoms with van der Waals surface area (Å²) in [6.07, 6.45) is -4.52. The number of nitrogens with one attached hydrogen (secondary N) is 1. The average Bonchev–Trinajstić information content (AvgIpc) is 2.77. The first-order chi connectivity index (χ1) is 14.8. The number of aliphatic hydroxyl groups is 2.